The molecule has 0 fully saturated rings. The summed E-state index contributed by atoms with van der Waals surface area (Å²) < 4.78 is 107. The monoisotopic (exact) mass is 1660 g/mol. The van der Waals surface area contributed by atoms with Gasteiger partial charge >= 0.3 is 0 Å². The van der Waals surface area contributed by atoms with Crippen LogP contribution < -0.4 is 35.9 Å². The van der Waals surface area contributed by atoms with Crippen molar-refractivity contribution in [2.45, 2.75) is 56.2 Å². The number of aryl methyl sites for hydroxylation is 1. The molecular formula is C68H75N11O14S3UV. The van der Waals surface area contributed by atoms with Gasteiger partial charge in [0.1, 0.15) is 23.1 Å². The largest absolute Gasteiger partial charge is 0.495 e. The van der Waals surface area contributed by atoms with Crippen LogP contribution in [0.3, 0.4) is 0 Å². The van der Waals surface area contributed by atoms with E-state index in [4.69, 9.17) is 38.6 Å². The van der Waals surface area contributed by atoms with Crippen LogP contribution in [0.15, 0.2) is 198 Å². The summed E-state index contributed by atoms with van der Waals surface area (Å²) in [6, 6.07) is 38.0. The van der Waals surface area contributed by atoms with Gasteiger partial charge in [0.2, 0.25) is 0 Å². The van der Waals surface area contributed by atoms with Crippen molar-refractivity contribution in [3.8, 4) is 62.5 Å². The van der Waals surface area contributed by atoms with Gasteiger partial charge in [0, 0.05) is 117 Å². The molecule has 6 aromatic carbocycles. The molecule has 10 aromatic rings. The molecule has 513 valence electrons. The molecule has 10 rings (SSSR count). The molecule has 0 amide bonds. The number of rotatable bonds is 23. The quantitative estimate of drug-likeness (QED) is 0.0172. The standard InChI is InChI=1S/C23H22N4O4S.C23H25N3O5S.C20H20N2O5S.C2H6N2.U.V.H2/c1-4-32(28,29)18-8-9-21(30-3)20(13-18)27-23-25-14-22(31-23)17-7-5-6-16(12-17)19-10-11-24-15(2)26-19;1-5-32(28,29)18-9-10-21(30-4)19(14-18)25-23-24-15-22(31-23)17-8-6-7-16(13-17)20(27)11-12-26(2)3;1-4-28(24,25)16-8-9-18(26-3)17(11-16)22-20-21-12-19(27-20)15-7-5-6-14(10-15)13(2)23;1-2(3)4;;;/h5-14H,4H2,1-3H3,(H,25,27);6-15H,5H2,1-4H3,(H,24,25);5-12H,4H2,1-3H3,(H,21,22);1H3,(H3,3,4);;;1H/b;12-11+;;;;;/i;;;;;;1+2. The molecule has 0 atom stereocenters. The molecular weight excluding hydrogens is 1580 g/mol. The second-order valence-corrected chi connectivity index (χ2v) is 27.7. The van der Waals surface area contributed by atoms with E-state index in [0.717, 1.165) is 16.8 Å². The van der Waals surface area contributed by atoms with Crippen LogP contribution in [-0.2, 0) is 48.1 Å². The van der Waals surface area contributed by atoms with E-state index in [1.807, 2.05) is 63.5 Å². The first-order chi connectivity index (χ1) is 45.7. The first-order valence-electron chi connectivity index (χ1n) is 29.4. The van der Waals surface area contributed by atoms with Gasteiger partial charge in [0.25, 0.3) is 18.0 Å². The van der Waals surface area contributed by atoms with Crippen molar-refractivity contribution >= 4 is 82.0 Å². The van der Waals surface area contributed by atoms with Crippen LogP contribution >= 0.6 is 0 Å². The zero-order valence-corrected chi connectivity index (χ0v) is 63.4. The molecule has 0 bridgehead atoms. The number of hydrogen-bond acceptors (Lipinski definition) is 24. The third-order valence-corrected chi connectivity index (χ3v) is 18.9. The Morgan fingerprint density at radius 1 is 0.551 bits per heavy atom. The van der Waals surface area contributed by atoms with Gasteiger partial charge in [-0.25, -0.2) is 50.2 Å². The number of nitrogens with one attached hydrogen (secondary N) is 4. The average Bonchev–Trinajstić information content (AvgIpc) is 1.80. The fraction of sp³-hybridized carbons (Fsp3) is 0.206. The third-order valence-electron chi connectivity index (χ3n) is 13.7. The number of anilines is 6. The molecule has 0 aliphatic rings. The fourth-order valence-electron chi connectivity index (χ4n) is 8.66. The maximum absolute atomic E-state index is 12.4. The Hall–Kier alpha value is -9.33. The number of ether oxygens (including phenoxy) is 3. The van der Waals surface area contributed by atoms with Crippen molar-refractivity contribution in [2.24, 2.45) is 5.73 Å². The molecule has 25 nitrogen and oxygen atoms in total. The smallest absolute Gasteiger partial charge is 0.299 e. The molecule has 4 heterocycles. The summed E-state index contributed by atoms with van der Waals surface area (Å²) in [5, 5.41) is 15.2. The molecule has 0 saturated carbocycles. The van der Waals surface area contributed by atoms with Gasteiger partial charge < -0.3 is 54.0 Å². The number of carbonyl (C=O) groups is 2. The third kappa shape index (κ3) is 21.8. The molecule has 6 N–H and O–H groups in total. The van der Waals surface area contributed by atoms with E-state index in [1.165, 1.54) is 90.0 Å². The molecule has 30 heteroatoms. The van der Waals surface area contributed by atoms with E-state index in [-0.39, 0.29) is 118 Å². The fourth-order valence-corrected chi connectivity index (χ4v) is 11.4. The van der Waals surface area contributed by atoms with E-state index >= 15 is 0 Å². The minimum atomic E-state index is -3.39. The number of oxazole rings is 3. The van der Waals surface area contributed by atoms with Crippen LogP contribution in [-0.4, -0.2) is 125 Å². The molecule has 0 saturated heterocycles. The van der Waals surface area contributed by atoms with Crippen molar-refractivity contribution in [3.05, 3.63) is 187 Å². The summed E-state index contributed by atoms with van der Waals surface area (Å²) in [6.07, 6.45) is 9.57. The van der Waals surface area contributed by atoms with E-state index in [0.29, 0.717) is 79.7 Å². The Balaban J connectivity index is 0.000000303. The van der Waals surface area contributed by atoms with Crippen LogP contribution in [0.2, 0.25) is 0 Å². The predicted molar refractivity (Wildman–Crippen MR) is 370 cm³/mol. The number of aromatic nitrogens is 5. The number of amidine groups is 1. The van der Waals surface area contributed by atoms with E-state index in [1.54, 1.807) is 98.9 Å². The van der Waals surface area contributed by atoms with Gasteiger partial charge in [0.15, 0.2) is 58.4 Å². The molecule has 0 aliphatic heterocycles. The topological polar surface area (TPSA) is 357 Å². The van der Waals surface area contributed by atoms with Gasteiger partial charge in [-0.2, -0.15) is 0 Å². The normalized spacial score (nSPS) is 10.9. The second-order valence-electron chi connectivity index (χ2n) is 20.9. The first-order valence-corrected chi connectivity index (χ1v) is 34.4. The molecule has 1 radical (unpaired) electrons. The summed E-state index contributed by atoms with van der Waals surface area (Å²) in [7, 11) is -1.95. The zero-order valence-electron chi connectivity index (χ0n) is 55.4. The molecule has 0 aliphatic carbocycles. The van der Waals surface area contributed by atoms with Gasteiger partial charge in [-0.1, -0.05) is 75.4 Å². The Morgan fingerprint density at radius 2 is 0.908 bits per heavy atom. The van der Waals surface area contributed by atoms with Gasteiger partial charge in [-0.3, -0.25) is 15.0 Å². The number of nitrogens with two attached hydrogens (primary N) is 1. The number of Topliss-reactive ketones (excluding diaryl/α,β-unsaturated/α-hetero) is 1. The maximum atomic E-state index is 12.4. The molecule has 0 unspecified atom stereocenters. The summed E-state index contributed by atoms with van der Waals surface area (Å²) in [6.45, 7) is 9.64. The summed E-state index contributed by atoms with van der Waals surface area (Å²) >= 11 is 0. The van der Waals surface area contributed by atoms with Crippen LogP contribution in [0.5, 0.6) is 17.2 Å². The van der Waals surface area contributed by atoms with E-state index in [2.05, 4.69) is 40.9 Å². The van der Waals surface area contributed by atoms with Crippen molar-refractivity contribution in [2.75, 3.05) is 68.6 Å². The molecule has 0 spiro atoms. The van der Waals surface area contributed by atoms with Gasteiger partial charge in [-0.05, 0) is 99.6 Å². The SMILES string of the molecule is CC(=N)N.CCS(=O)(=O)c1ccc(OC)c(Nc2ncc(-c3cccc(-c4ccnc(C)n4)c3)o2)c1.CCS(=O)(=O)c1ccc(OC)c(Nc2ncc(-c3cccc(C(=O)/C=C/N(C)C)c3)o2)c1.CCS(=O)(=O)c1ccc(OC)c(Nc2ncc(-c3cccc(C(C)=O)c3)o2)c1.[3HH].[U].[V]. The number of ketones is 2. The van der Waals surface area contributed by atoms with Crippen molar-refractivity contribution in [1.82, 2.24) is 29.8 Å². The Labute approximate surface area is 606 Å². The van der Waals surface area contributed by atoms with E-state index < -0.39 is 29.5 Å². The Bertz CT molecular complexity index is 4800. The van der Waals surface area contributed by atoms with Crippen LogP contribution in [0.25, 0.3) is 45.2 Å². The number of sulfone groups is 3. The number of methoxy groups -OCH3 is 3. The molecule has 4 aromatic heterocycles. The summed E-state index contributed by atoms with van der Waals surface area (Å²) in [5.74, 6) is 3.53. The summed E-state index contributed by atoms with van der Waals surface area (Å²) in [5.41, 5.74) is 11.0. The number of nitrogens with zero attached hydrogens (tertiary/aromatic N) is 6. The van der Waals surface area contributed by atoms with Crippen LogP contribution in [0.4, 0.5) is 35.1 Å². The summed E-state index contributed by atoms with van der Waals surface area (Å²) in [4.78, 5) is 47.5. The average molecular weight is 1660 g/mol. The second kappa shape index (κ2) is 36.3. The maximum Gasteiger partial charge on any atom is 0.299 e. The number of allylic oxidation sites excluding steroid dienone is 1. The van der Waals surface area contributed by atoms with Crippen LogP contribution in [0, 0.1) is 43.4 Å². The number of hydrogen-bond donors (Lipinski definition) is 5. The van der Waals surface area contributed by atoms with Crippen molar-refractivity contribution in [1.29, 1.82) is 5.41 Å². The number of benzene rings is 6. The van der Waals surface area contributed by atoms with E-state index in [9.17, 15) is 34.8 Å². The van der Waals surface area contributed by atoms with Crippen LogP contribution in [0.1, 0.15) is 62.6 Å². The van der Waals surface area contributed by atoms with Crippen molar-refractivity contribution in [3.63, 3.8) is 0 Å². The first kappa shape index (κ1) is 79.4. The Morgan fingerprint density at radius 3 is 1.27 bits per heavy atom. The minimum Gasteiger partial charge on any atom is -0.495 e. The van der Waals surface area contributed by atoms with Crippen molar-refractivity contribution < 1.29 is 113 Å². The van der Waals surface area contributed by atoms with Gasteiger partial charge in [0.05, 0.1) is 100 Å². The van der Waals surface area contributed by atoms with Gasteiger partial charge in [-0.15, -0.1) is 0 Å². The Kier molecular flexibility index (Phi) is 29.4. The minimum absolute atomic E-state index is 0. The molecule has 98 heavy (non-hydrogen) atoms. The zero-order chi connectivity index (χ0) is 69.9. The number of carbonyl (C=O) groups excluding carboxylic acids is 2. The predicted octanol–water partition coefficient (Wildman–Crippen LogP) is 13.1.